The molecule has 0 aliphatic heterocycles. The highest BCUT2D eigenvalue weighted by Gasteiger charge is 2.20. The van der Waals surface area contributed by atoms with Gasteiger partial charge >= 0.3 is 5.97 Å². The predicted octanol–water partition coefficient (Wildman–Crippen LogP) is 3.23. The van der Waals surface area contributed by atoms with E-state index in [1.807, 2.05) is 36.4 Å². The Bertz CT molecular complexity index is 1030. The largest absolute Gasteiger partial charge is 0.497 e. The van der Waals surface area contributed by atoms with E-state index in [0.29, 0.717) is 18.8 Å². The van der Waals surface area contributed by atoms with Crippen molar-refractivity contribution in [2.75, 3.05) is 27.9 Å². The quantitative estimate of drug-likeness (QED) is 0.539. The third-order valence-electron chi connectivity index (χ3n) is 5.08. The Kier molecular flexibility index (Phi) is 6.29. The second-order valence-electron chi connectivity index (χ2n) is 6.68. The fourth-order valence-corrected chi connectivity index (χ4v) is 3.59. The van der Waals surface area contributed by atoms with Crippen LogP contribution < -0.4 is 19.5 Å². The lowest BCUT2D eigenvalue weighted by atomic mass is 10.1. The Hall–Kier alpha value is -3.19. The summed E-state index contributed by atoms with van der Waals surface area (Å²) in [4.78, 5) is 11.9. The summed E-state index contributed by atoms with van der Waals surface area (Å²) in [6, 6.07) is 11.3. The molecule has 1 heterocycles. The molecule has 0 atom stereocenters. The lowest BCUT2D eigenvalue weighted by Crippen LogP contribution is -2.19. The van der Waals surface area contributed by atoms with Crippen LogP contribution in [-0.4, -0.2) is 43.5 Å². The van der Waals surface area contributed by atoms with Crippen LogP contribution >= 0.6 is 0 Å². The van der Waals surface area contributed by atoms with Gasteiger partial charge in [0.15, 0.2) is 0 Å². The summed E-state index contributed by atoms with van der Waals surface area (Å²) in [6.45, 7) is 1.10. The highest BCUT2D eigenvalue weighted by atomic mass is 16.5. The number of benzene rings is 2. The first-order valence-corrected chi connectivity index (χ1v) is 9.30. The topological polar surface area (TPSA) is 82.0 Å². The molecule has 0 spiro atoms. The first kappa shape index (κ1) is 20.5. The average Bonchev–Trinajstić information content (AvgIpc) is 3.02. The van der Waals surface area contributed by atoms with Gasteiger partial charge in [-0.25, -0.2) is 4.79 Å². The number of hydrogen-bond donors (Lipinski definition) is 2. The number of aromatic carboxylic acids is 1. The van der Waals surface area contributed by atoms with E-state index >= 15 is 0 Å². The Morgan fingerprint density at radius 2 is 1.72 bits per heavy atom. The summed E-state index contributed by atoms with van der Waals surface area (Å²) < 4.78 is 17.7. The van der Waals surface area contributed by atoms with Crippen LogP contribution in [0, 0.1) is 0 Å². The van der Waals surface area contributed by atoms with Crippen molar-refractivity contribution in [2.24, 2.45) is 7.05 Å². The Balaban J connectivity index is 1.79. The molecule has 0 amide bonds. The summed E-state index contributed by atoms with van der Waals surface area (Å²) in [5.74, 6) is 1.32. The Morgan fingerprint density at radius 1 is 1.03 bits per heavy atom. The zero-order valence-corrected chi connectivity index (χ0v) is 17.1. The van der Waals surface area contributed by atoms with Crippen molar-refractivity contribution in [3.63, 3.8) is 0 Å². The number of carboxylic acids is 1. The normalized spacial score (nSPS) is 10.9. The van der Waals surface area contributed by atoms with E-state index in [1.54, 1.807) is 32.9 Å². The summed E-state index contributed by atoms with van der Waals surface area (Å²) in [6.07, 6.45) is 0.724. The molecule has 2 N–H and O–H groups in total. The molecule has 3 rings (SSSR count). The SMILES string of the molecule is COc1ccc(OC)c(CCNCc2c(C(=O)O)n(C)c3cc(OC)ccc23)c1. The van der Waals surface area contributed by atoms with Crippen LogP contribution in [0.5, 0.6) is 17.2 Å². The molecule has 3 aromatic rings. The molecule has 0 bridgehead atoms. The third-order valence-corrected chi connectivity index (χ3v) is 5.08. The van der Waals surface area contributed by atoms with Crippen molar-refractivity contribution in [3.8, 4) is 17.2 Å². The van der Waals surface area contributed by atoms with Crippen molar-refractivity contribution in [3.05, 3.63) is 53.2 Å². The first-order valence-electron chi connectivity index (χ1n) is 9.30. The number of aryl methyl sites for hydroxylation is 1. The van der Waals surface area contributed by atoms with Gasteiger partial charge in [-0.15, -0.1) is 0 Å². The van der Waals surface area contributed by atoms with Crippen molar-refractivity contribution < 1.29 is 24.1 Å². The van der Waals surface area contributed by atoms with Crippen molar-refractivity contribution in [1.82, 2.24) is 9.88 Å². The van der Waals surface area contributed by atoms with E-state index in [9.17, 15) is 9.90 Å². The molecule has 0 saturated heterocycles. The lowest BCUT2D eigenvalue weighted by molar-refractivity contribution is 0.0685. The fraction of sp³-hybridized carbons (Fsp3) is 0.318. The number of hydrogen-bond acceptors (Lipinski definition) is 5. The maximum Gasteiger partial charge on any atom is 0.352 e. The van der Waals surface area contributed by atoms with Gasteiger partial charge in [-0.05, 0) is 48.9 Å². The summed E-state index contributed by atoms with van der Waals surface area (Å²) in [5.41, 5.74) is 2.89. The number of aromatic nitrogens is 1. The number of carboxylic acid groups (broad SMARTS) is 1. The number of nitrogens with one attached hydrogen (secondary N) is 1. The first-order chi connectivity index (χ1) is 14.0. The van der Waals surface area contributed by atoms with E-state index in [0.717, 1.165) is 39.9 Å². The number of carbonyl (C=O) groups is 1. The van der Waals surface area contributed by atoms with E-state index in [4.69, 9.17) is 14.2 Å². The lowest BCUT2D eigenvalue weighted by Gasteiger charge is -2.11. The second kappa shape index (κ2) is 8.87. The van der Waals surface area contributed by atoms with Gasteiger partial charge in [-0.1, -0.05) is 0 Å². The average molecular weight is 398 g/mol. The predicted molar refractivity (Wildman–Crippen MR) is 111 cm³/mol. The Morgan fingerprint density at radius 3 is 2.38 bits per heavy atom. The molecule has 0 aliphatic carbocycles. The van der Waals surface area contributed by atoms with Gasteiger partial charge in [0.05, 0.1) is 26.8 Å². The maximum atomic E-state index is 11.9. The molecule has 7 nitrogen and oxygen atoms in total. The van der Waals surface area contributed by atoms with E-state index in [2.05, 4.69) is 5.32 Å². The van der Waals surface area contributed by atoms with Crippen LogP contribution in [-0.2, 0) is 20.0 Å². The Labute approximate surface area is 169 Å². The summed E-state index contributed by atoms with van der Waals surface area (Å²) >= 11 is 0. The van der Waals surface area contributed by atoms with E-state index < -0.39 is 5.97 Å². The highest BCUT2D eigenvalue weighted by Crippen LogP contribution is 2.29. The minimum atomic E-state index is -0.950. The molecule has 29 heavy (non-hydrogen) atoms. The highest BCUT2D eigenvalue weighted by molar-refractivity contribution is 5.98. The van der Waals surface area contributed by atoms with Crippen molar-refractivity contribution in [1.29, 1.82) is 0 Å². The van der Waals surface area contributed by atoms with Crippen LogP contribution in [0.4, 0.5) is 0 Å². The zero-order chi connectivity index (χ0) is 21.0. The van der Waals surface area contributed by atoms with Crippen molar-refractivity contribution >= 4 is 16.9 Å². The molecular formula is C22H26N2O5. The molecule has 0 saturated carbocycles. The second-order valence-corrected chi connectivity index (χ2v) is 6.68. The number of ether oxygens (including phenoxy) is 3. The van der Waals surface area contributed by atoms with Crippen molar-refractivity contribution in [2.45, 2.75) is 13.0 Å². The minimum Gasteiger partial charge on any atom is -0.497 e. The van der Waals surface area contributed by atoms with E-state index in [1.165, 1.54) is 0 Å². The fourth-order valence-electron chi connectivity index (χ4n) is 3.59. The van der Waals surface area contributed by atoms with Crippen LogP contribution in [0.3, 0.4) is 0 Å². The van der Waals surface area contributed by atoms with Gasteiger partial charge in [0, 0.05) is 30.6 Å². The molecule has 2 aromatic carbocycles. The van der Waals surface area contributed by atoms with E-state index in [-0.39, 0.29) is 5.69 Å². The number of methoxy groups -OCH3 is 3. The van der Waals surface area contributed by atoms with Crippen LogP contribution in [0.15, 0.2) is 36.4 Å². The standard InChI is InChI=1S/C22H26N2O5/c1-24-19-12-16(28-3)5-7-17(19)18(21(24)22(25)26)13-23-10-9-14-11-15(27-2)6-8-20(14)29-4/h5-8,11-12,23H,9-10,13H2,1-4H3,(H,25,26). The molecule has 0 aliphatic rings. The van der Waals surface area contributed by atoms with Gasteiger partial charge in [0.1, 0.15) is 22.9 Å². The van der Waals surface area contributed by atoms with Gasteiger partial charge in [0.2, 0.25) is 0 Å². The number of nitrogens with zero attached hydrogens (tertiary/aromatic N) is 1. The van der Waals surface area contributed by atoms with Gasteiger partial charge in [0.25, 0.3) is 0 Å². The van der Waals surface area contributed by atoms with Gasteiger partial charge in [-0.3, -0.25) is 0 Å². The smallest absolute Gasteiger partial charge is 0.352 e. The molecule has 0 radical (unpaired) electrons. The molecule has 154 valence electrons. The molecule has 7 heteroatoms. The maximum absolute atomic E-state index is 11.9. The van der Waals surface area contributed by atoms with Crippen LogP contribution in [0.2, 0.25) is 0 Å². The zero-order valence-electron chi connectivity index (χ0n) is 17.1. The summed E-state index contributed by atoms with van der Waals surface area (Å²) in [5, 5.41) is 14.0. The third kappa shape index (κ3) is 4.14. The summed E-state index contributed by atoms with van der Waals surface area (Å²) in [7, 11) is 6.63. The molecule has 0 unspecified atom stereocenters. The molecular weight excluding hydrogens is 372 g/mol. The van der Waals surface area contributed by atoms with Gasteiger partial charge in [-0.2, -0.15) is 0 Å². The van der Waals surface area contributed by atoms with Crippen LogP contribution in [0.1, 0.15) is 21.6 Å². The minimum absolute atomic E-state index is 0.278. The molecule has 0 fully saturated rings. The molecule has 1 aromatic heterocycles. The number of fused-ring (bicyclic) bond motifs is 1. The van der Waals surface area contributed by atoms with Crippen LogP contribution in [0.25, 0.3) is 10.9 Å². The van der Waals surface area contributed by atoms with Gasteiger partial charge < -0.3 is 29.2 Å². The monoisotopic (exact) mass is 398 g/mol. The number of rotatable bonds is 9.